The smallest absolute Gasteiger partial charge is 0.246 e. The molecule has 0 aliphatic rings. The molecule has 0 unspecified atom stereocenters. The first kappa shape index (κ1) is 17.0. The number of amides is 1. The molecule has 1 amide bonds. The second-order valence-electron chi connectivity index (χ2n) is 6.59. The minimum Gasteiger partial charge on any atom is -0.359 e. The zero-order valence-electron chi connectivity index (χ0n) is 14.9. The summed E-state index contributed by atoms with van der Waals surface area (Å²) in [6, 6.07) is 10.2. The van der Waals surface area contributed by atoms with Gasteiger partial charge in [0, 0.05) is 31.4 Å². The van der Waals surface area contributed by atoms with Crippen LogP contribution in [0.4, 0.5) is 0 Å². The van der Waals surface area contributed by atoms with Gasteiger partial charge in [0.2, 0.25) is 5.91 Å². The number of hydrogen-bond donors (Lipinski definition) is 0. The van der Waals surface area contributed by atoms with Crippen LogP contribution in [0.15, 0.2) is 53.7 Å². The average Bonchev–Trinajstić information content (AvgIpc) is 3.21. The van der Waals surface area contributed by atoms with Crippen molar-refractivity contribution in [2.45, 2.75) is 32.9 Å². The van der Waals surface area contributed by atoms with Crippen LogP contribution in [0.1, 0.15) is 36.8 Å². The van der Waals surface area contributed by atoms with Crippen LogP contribution in [0.5, 0.6) is 0 Å². The monoisotopic (exact) mass is 337 g/mol. The van der Waals surface area contributed by atoms with E-state index in [1.165, 1.54) is 11.6 Å². The van der Waals surface area contributed by atoms with Gasteiger partial charge in [0.05, 0.1) is 12.2 Å². The summed E-state index contributed by atoms with van der Waals surface area (Å²) in [6.07, 6.45) is 3.36. The predicted octanol–water partition coefficient (Wildman–Crippen LogP) is 4.00. The lowest BCUT2D eigenvalue weighted by molar-refractivity contribution is -0.127. The van der Waals surface area contributed by atoms with E-state index < -0.39 is 0 Å². The Labute approximate surface area is 147 Å². The molecule has 0 atom stereocenters. The van der Waals surface area contributed by atoms with Gasteiger partial charge in [-0.15, -0.1) is 0 Å². The minimum absolute atomic E-state index is 0.129. The zero-order chi connectivity index (χ0) is 18.0. The van der Waals surface area contributed by atoms with E-state index in [-0.39, 0.29) is 5.91 Å². The number of benzene rings is 1. The summed E-state index contributed by atoms with van der Waals surface area (Å²) in [5.74, 6) is 0.844. The summed E-state index contributed by atoms with van der Waals surface area (Å²) in [5, 5.41) is 5.22. The molecule has 0 fully saturated rings. The van der Waals surface area contributed by atoms with E-state index in [0.29, 0.717) is 24.8 Å². The molecule has 0 N–H and O–H groups in total. The van der Waals surface area contributed by atoms with Crippen molar-refractivity contribution in [3.05, 3.63) is 66.2 Å². The van der Waals surface area contributed by atoms with Crippen molar-refractivity contribution in [3.63, 3.8) is 0 Å². The first-order chi connectivity index (χ1) is 12.0. The molecule has 5 nitrogen and oxygen atoms in total. The largest absolute Gasteiger partial charge is 0.359 e. The van der Waals surface area contributed by atoms with Gasteiger partial charge >= 0.3 is 0 Å². The van der Waals surface area contributed by atoms with Gasteiger partial charge in [0.15, 0.2) is 5.76 Å². The lowest BCUT2D eigenvalue weighted by Crippen LogP contribution is -2.28. The van der Waals surface area contributed by atoms with E-state index in [4.69, 9.17) is 4.52 Å². The van der Waals surface area contributed by atoms with E-state index in [2.05, 4.69) is 48.3 Å². The highest BCUT2D eigenvalue weighted by Gasteiger charge is 2.16. The lowest BCUT2D eigenvalue weighted by Gasteiger charge is -2.20. The quantitative estimate of drug-likeness (QED) is 0.639. The van der Waals surface area contributed by atoms with Gasteiger partial charge in [-0.2, -0.15) is 0 Å². The van der Waals surface area contributed by atoms with E-state index in [1.807, 2.05) is 25.4 Å². The second-order valence-corrected chi connectivity index (χ2v) is 6.59. The van der Waals surface area contributed by atoms with E-state index >= 15 is 0 Å². The van der Waals surface area contributed by atoms with Crippen molar-refractivity contribution in [3.8, 4) is 0 Å². The predicted molar refractivity (Wildman–Crippen MR) is 98.0 cm³/mol. The van der Waals surface area contributed by atoms with E-state index in [0.717, 1.165) is 16.6 Å². The van der Waals surface area contributed by atoms with Gasteiger partial charge in [-0.05, 0) is 41.1 Å². The summed E-state index contributed by atoms with van der Waals surface area (Å²) in [7, 11) is 2.02. The van der Waals surface area contributed by atoms with Crippen molar-refractivity contribution in [1.82, 2.24) is 14.6 Å². The van der Waals surface area contributed by atoms with Crippen LogP contribution in [0.2, 0.25) is 0 Å². The minimum atomic E-state index is -0.129. The van der Waals surface area contributed by atoms with Crippen molar-refractivity contribution < 1.29 is 9.32 Å². The molecule has 1 aromatic carbocycles. The molecule has 0 aliphatic carbocycles. The third kappa shape index (κ3) is 3.65. The molecule has 0 saturated carbocycles. The van der Waals surface area contributed by atoms with Crippen LogP contribution in [0.25, 0.3) is 10.9 Å². The summed E-state index contributed by atoms with van der Waals surface area (Å²) in [4.78, 5) is 14.0. The number of aryl methyl sites for hydroxylation is 1. The summed E-state index contributed by atoms with van der Waals surface area (Å²) >= 11 is 0. The van der Waals surface area contributed by atoms with E-state index in [9.17, 15) is 4.79 Å². The molecule has 0 spiro atoms. The number of hydrogen-bond acceptors (Lipinski definition) is 3. The Bertz CT molecular complexity index is 905. The van der Waals surface area contributed by atoms with Crippen molar-refractivity contribution in [2.24, 2.45) is 7.05 Å². The number of nitrogens with zero attached hydrogens (tertiary/aromatic N) is 3. The number of carbonyl (C=O) groups is 1. The third-order valence-corrected chi connectivity index (χ3v) is 4.32. The highest BCUT2D eigenvalue weighted by atomic mass is 16.5. The summed E-state index contributed by atoms with van der Waals surface area (Å²) < 4.78 is 7.46. The van der Waals surface area contributed by atoms with Crippen molar-refractivity contribution >= 4 is 16.8 Å². The van der Waals surface area contributed by atoms with Crippen LogP contribution < -0.4 is 0 Å². The number of fused-ring (bicyclic) bond motifs is 1. The molecule has 5 heteroatoms. The maximum atomic E-state index is 12.3. The topological polar surface area (TPSA) is 51.3 Å². The maximum absolute atomic E-state index is 12.3. The fourth-order valence-corrected chi connectivity index (χ4v) is 2.85. The first-order valence-electron chi connectivity index (χ1n) is 8.38. The molecular formula is C20H23N3O2. The van der Waals surface area contributed by atoms with Crippen molar-refractivity contribution in [1.29, 1.82) is 0 Å². The Balaban J connectivity index is 1.81. The Morgan fingerprint density at radius 3 is 2.80 bits per heavy atom. The van der Waals surface area contributed by atoms with Crippen LogP contribution in [-0.4, -0.2) is 20.5 Å². The Hall–Kier alpha value is -2.82. The van der Waals surface area contributed by atoms with Crippen LogP contribution in [-0.2, 0) is 24.9 Å². The van der Waals surface area contributed by atoms with Crippen molar-refractivity contribution in [2.75, 3.05) is 0 Å². The second kappa shape index (κ2) is 6.97. The van der Waals surface area contributed by atoms with Crippen LogP contribution >= 0.6 is 0 Å². The van der Waals surface area contributed by atoms with E-state index in [1.54, 1.807) is 4.90 Å². The van der Waals surface area contributed by atoms with Gasteiger partial charge in [0.25, 0.3) is 0 Å². The Morgan fingerprint density at radius 2 is 2.12 bits per heavy atom. The van der Waals surface area contributed by atoms with Gasteiger partial charge in [-0.25, -0.2) is 0 Å². The van der Waals surface area contributed by atoms with Crippen LogP contribution in [0, 0.1) is 0 Å². The van der Waals surface area contributed by atoms with Gasteiger partial charge in [-0.3, -0.25) is 4.79 Å². The molecule has 0 aliphatic heterocycles. The average molecular weight is 337 g/mol. The molecular weight excluding hydrogens is 314 g/mol. The highest BCUT2D eigenvalue weighted by Crippen LogP contribution is 2.20. The molecule has 3 aromatic rings. The number of rotatable bonds is 6. The Kier molecular flexibility index (Phi) is 4.74. The molecule has 25 heavy (non-hydrogen) atoms. The number of aromatic nitrogens is 2. The SMILES string of the molecule is C=CC(=O)N(Cc1ccc2c(ccn2C)c1)Cc1cc(C(C)C)no1. The first-order valence-corrected chi connectivity index (χ1v) is 8.38. The molecule has 0 radical (unpaired) electrons. The fourth-order valence-electron chi connectivity index (χ4n) is 2.85. The summed E-state index contributed by atoms with van der Waals surface area (Å²) in [6.45, 7) is 8.59. The van der Waals surface area contributed by atoms with Crippen LogP contribution in [0.3, 0.4) is 0 Å². The lowest BCUT2D eigenvalue weighted by atomic mass is 10.1. The zero-order valence-corrected chi connectivity index (χ0v) is 14.9. The Morgan fingerprint density at radius 1 is 1.32 bits per heavy atom. The summed E-state index contributed by atoms with van der Waals surface area (Å²) in [5.41, 5.74) is 3.13. The van der Waals surface area contributed by atoms with Gasteiger partial charge in [-0.1, -0.05) is 31.6 Å². The standard InChI is InChI=1S/C20H23N3O2/c1-5-20(24)23(13-17-11-18(14(2)3)21-25-17)12-15-6-7-19-16(10-15)8-9-22(19)4/h5-11,14H,1,12-13H2,2-4H3. The number of carbonyl (C=O) groups excluding carboxylic acids is 1. The molecule has 2 aromatic heterocycles. The molecule has 3 rings (SSSR count). The highest BCUT2D eigenvalue weighted by molar-refractivity contribution is 5.87. The molecule has 0 bridgehead atoms. The molecule has 130 valence electrons. The normalized spacial score (nSPS) is 11.2. The van der Waals surface area contributed by atoms with Gasteiger partial charge in [0.1, 0.15) is 0 Å². The third-order valence-electron chi connectivity index (χ3n) is 4.32. The fraction of sp³-hybridized carbons (Fsp3) is 0.300. The maximum Gasteiger partial charge on any atom is 0.246 e. The van der Waals surface area contributed by atoms with Gasteiger partial charge < -0.3 is 14.0 Å². The molecule has 2 heterocycles. The molecule has 0 saturated heterocycles.